The van der Waals surface area contributed by atoms with Gasteiger partial charge in [0.25, 0.3) is 0 Å². The third-order valence-corrected chi connectivity index (χ3v) is 2.65. The van der Waals surface area contributed by atoms with Gasteiger partial charge in [-0.2, -0.15) is 17.6 Å². The van der Waals surface area contributed by atoms with E-state index in [1.807, 2.05) is 0 Å². The van der Waals surface area contributed by atoms with E-state index >= 15 is 0 Å². The molecule has 2 rings (SSSR count). The summed E-state index contributed by atoms with van der Waals surface area (Å²) in [5, 5.41) is -0.0342. The van der Waals surface area contributed by atoms with E-state index in [1.54, 1.807) is 0 Å². The molecule has 18 heavy (non-hydrogen) atoms. The maximum absolute atomic E-state index is 13.0. The van der Waals surface area contributed by atoms with Gasteiger partial charge in [-0.3, -0.25) is 0 Å². The lowest BCUT2D eigenvalue weighted by molar-refractivity contribution is -0.137. The van der Waals surface area contributed by atoms with Gasteiger partial charge in [-0.1, -0.05) is 29.8 Å². The molecule has 0 N–H and O–H groups in total. The summed E-state index contributed by atoms with van der Waals surface area (Å²) in [5.74, 6) is -0.883. The lowest BCUT2D eigenvalue weighted by Gasteiger charge is -2.13. The molecule has 0 aliphatic carbocycles. The van der Waals surface area contributed by atoms with Crippen LogP contribution in [0.1, 0.15) is 5.56 Å². The minimum atomic E-state index is -4.53. The highest BCUT2D eigenvalue weighted by Crippen LogP contribution is 2.39. The monoisotopic (exact) mass is 275 g/mol. The smallest absolute Gasteiger partial charge is 0.227 e. The van der Waals surface area contributed by atoms with Crippen LogP contribution in [0.5, 0.6) is 0 Å². The molecule has 0 unspecified atom stereocenters. The lowest BCUT2D eigenvalue weighted by Crippen LogP contribution is -2.07. The fourth-order valence-corrected chi connectivity index (χ4v) is 1.79. The van der Waals surface area contributed by atoms with Crippen LogP contribution in [-0.4, -0.2) is 4.98 Å². The molecule has 0 radical (unpaired) electrons. The largest absolute Gasteiger partial charge is 0.417 e. The molecule has 2 aromatic rings. The molecule has 0 amide bonds. The predicted molar refractivity (Wildman–Crippen MR) is 59.6 cm³/mol. The van der Waals surface area contributed by atoms with Gasteiger partial charge in [0.15, 0.2) is 0 Å². The maximum Gasteiger partial charge on any atom is 0.417 e. The second-order valence-electron chi connectivity index (χ2n) is 3.53. The minimum Gasteiger partial charge on any atom is -0.227 e. The van der Waals surface area contributed by atoms with E-state index in [1.165, 1.54) is 18.2 Å². The quantitative estimate of drug-likeness (QED) is 0.549. The molecular formula is C12H6ClF4N. The first-order valence-corrected chi connectivity index (χ1v) is 5.25. The van der Waals surface area contributed by atoms with E-state index < -0.39 is 17.7 Å². The summed E-state index contributed by atoms with van der Waals surface area (Å²) in [6, 6.07) is 5.73. The Morgan fingerprint density at radius 1 is 1.06 bits per heavy atom. The molecule has 1 nitrogen and oxygen atoms in total. The van der Waals surface area contributed by atoms with Crippen molar-refractivity contribution >= 4 is 11.6 Å². The van der Waals surface area contributed by atoms with Gasteiger partial charge < -0.3 is 0 Å². The fraction of sp³-hybridized carbons (Fsp3) is 0.0833. The zero-order chi connectivity index (χ0) is 13.3. The van der Waals surface area contributed by atoms with Crippen LogP contribution in [0.2, 0.25) is 5.02 Å². The van der Waals surface area contributed by atoms with Crippen LogP contribution in [0.4, 0.5) is 17.6 Å². The van der Waals surface area contributed by atoms with Gasteiger partial charge in [-0.05, 0) is 11.6 Å². The first kappa shape index (κ1) is 12.8. The van der Waals surface area contributed by atoms with Gasteiger partial charge in [0, 0.05) is 17.8 Å². The third-order valence-electron chi connectivity index (χ3n) is 2.34. The Morgan fingerprint density at radius 3 is 2.39 bits per heavy atom. The Balaban J connectivity index is 2.68. The zero-order valence-electron chi connectivity index (χ0n) is 8.80. The number of pyridine rings is 1. The summed E-state index contributed by atoms with van der Waals surface area (Å²) in [6.45, 7) is 0. The number of rotatable bonds is 1. The van der Waals surface area contributed by atoms with E-state index in [-0.39, 0.29) is 16.1 Å². The average Bonchev–Trinajstić information content (AvgIpc) is 2.31. The Hall–Kier alpha value is -1.62. The number of nitrogens with zero attached hydrogens (tertiary/aromatic N) is 1. The van der Waals surface area contributed by atoms with Crippen molar-refractivity contribution in [3.8, 4) is 11.1 Å². The highest BCUT2D eigenvalue weighted by Gasteiger charge is 2.33. The average molecular weight is 276 g/mol. The maximum atomic E-state index is 13.0. The molecule has 0 bridgehead atoms. The molecule has 0 aliphatic heterocycles. The molecule has 6 heteroatoms. The number of aromatic nitrogens is 1. The van der Waals surface area contributed by atoms with Crippen molar-refractivity contribution in [2.24, 2.45) is 0 Å². The fourth-order valence-electron chi connectivity index (χ4n) is 1.58. The molecule has 1 aromatic heterocycles. The summed E-state index contributed by atoms with van der Waals surface area (Å²) >= 11 is 5.76. The normalized spacial score (nSPS) is 11.6. The van der Waals surface area contributed by atoms with Crippen molar-refractivity contribution in [3.05, 3.63) is 53.1 Å². The van der Waals surface area contributed by atoms with Gasteiger partial charge in [-0.15, -0.1) is 0 Å². The van der Waals surface area contributed by atoms with Gasteiger partial charge in [-0.25, -0.2) is 4.98 Å². The van der Waals surface area contributed by atoms with Crippen molar-refractivity contribution < 1.29 is 17.6 Å². The number of halogens is 5. The van der Waals surface area contributed by atoms with Crippen LogP contribution in [0.25, 0.3) is 11.1 Å². The Kier molecular flexibility index (Phi) is 3.26. The van der Waals surface area contributed by atoms with Crippen LogP contribution in [0.15, 0.2) is 36.5 Å². The van der Waals surface area contributed by atoms with Crippen LogP contribution >= 0.6 is 11.6 Å². The second-order valence-corrected chi connectivity index (χ2v) is 3.94. The number of hydrogen-bond donors (Lipinski definition) is 0. The topological polar surface area (TPSA) is 12.9 Å². The molecule has 0 fully saturated rings. The lowest BCUT2D eigenvalue weighted by atomic mass is 10.0. The van der Waals surface area contributed by atoms with Crippen molar-refractivity contribution in [1.29, 1.82) is 0 Å². The number of hydrogen-bond acceptors (Lipinski definition) is 1. The van der Waals surface area contributed by atoms with Gasteiger partial charge in [0.2, 0.25) is 5.95 Å². The molecule has 1 heterocycles. The van der Waals surface area contributed by atoms with Gasteiger partial charge in [0.05, 0.1) is 10.6 Å². The molecule has 0 aliphatic rings. The first-order valence-electron chi connectivity index (χ1n) is 4.87. The molecule has 0 saturated carbocycles. The van der Waals surface area contributed by atoms with E-state index in [4.69, 9.17) is 11.6 Å². The highest BCUT2D eigenvalue weighted by molar-refractivity contribution is 6.33. The molecular weight excluding hydrogens is 270 g/mol. The van der Waals surface area contributed by atoms with E-state index in [2.05, 4.69) is 4.98 Å². The van der Waals surface area contributed by atoms with Crippen LogP contribution in [0, 0.1) is 5.95 Å². The Morgan fingerprint density at radius 2 is 1.72 bits per heavy atom. The van der Waals surface area contributed by atoms with Gasteiger partial charge >= 0.3 is 6.18 Å². The van der Waals surface area contributed by atoms with Crippen LogP contribution < -0.4 is 0 Å². The molecule has 94 valence electrons. The van der Waals surface area contributed by atoms with E-state index in [0.717, 1.165) is 18.3 Å². The predicted octanol–water partition coefficient (Wildman–Crippen LogP) is 4.56. The van der Waals surface area contributed by atoms with Crippen molar-refractivity contribution in [2.45, 2.75) is 6.18 Å². The standard InChI is InChI=1S/C12H6ClF4N/c13-10-6-18-11(14)5-8(10)7-3-1-2-4-9(7)12(15,16)17/h1-6H. The van der Waals surface area contributed by atoms with E-state index in [0.29, 0.717) is 0 Å². The van der Waals surface area contributed by atoms with Crippen LogP contribution in [0.3, 0.4) is 0 Å². The van der Waals surface area contributed by atoms with Gasteiger partial charge in [0.1, 0.15) is 0 Å². The third kappa shape index (κ3) is 2.46. The SMILES string of the molecule is Fc1cc(-c2ccccc2C(F)(F)F)c(Cl)cn1. The van der Waals surface area contributed by atoms with E-state index in [9.17, 15) is 17.6 Å². The highest BCUT2D eigenvalue weighted by atomic mass is 35.5. The zero-order valence-corrected chi connectivity index (χ0v) is 9.56. The summed E-state index contributed by atoms with van der Waals surface area (Å²) in [6.07, 6.45) is -3.54. The van der Waals surface area contributed by atoms with Crippen LogP contribution in [-0.2, 0) is 6.18 Å². The minimum absolute atomic E-state index is 0.0305. The second kappa shape index (κ2) is 4.57. The Bertz CT molecular complexity index is 581. The first-order chi connectivity index (χ1) is 8.39. The summed E-state index contributed by atoms with van der Waals surface area (Å²) in [4.78, 5) is 3.28. The summed E-state index contributed by atoms with van der Waals surface area (Å²) in [5.41, 5.74) is -1.06. The molecule has 0 spiro atoms. The Labute approximate surface area is 105 Å². The number of alkyl halides is 3. The van der Waals surface area contributed by atoms with Crippen molar-refractivity contribution in [3.63, 3.8) is 0 Å². The molecule has 1 aromatic carbocycles. The van der Waals surface area contributed by atoms with Crippen molar-refractivity contribution in [1.82, 2.24) is 4.98 Å². The summed E-state index contributed by atoms with van der Waals surface area (Å²) in [7, 11) is 0. The van der Waals surface area contributed by atoms with Crippen molar-refractivity contribution in [2.75, 3.05) is 0 Å². The summed E-state index contributed by atoms with van der Waals surface area (Å²) < 4.78 is 51.5. The number of benzene rings is 1. The molecule has 0 saturated heterocycles. The molecule has 0 atom stereocenters.